The van der Waals surface area contributed by atoms with Crippen molar-refractivity contribution in [1.29, 1.82) is 0 Å². The Bertz CT molecular complexity index is 542. The van der Waals surface area contributed by atoms with Gasteiger partial charge in [0.1, 0.15) is 5.76 Å². The standard InChI is InChI=1S/C13H13NOS/c1-4-9(3)15-13-14-11-7-6-10(5-2)8-12(11)16-13/h4,6-8H,1,3,5H2,2H3. The summed E-state index contributed by atoms with van der Waals surface area (Å²) in [4.78, 5) is 4.36. The average molecular weight is 231 g/mol. The molecule has 0 aliphatic rings. The lowest BCUT2D eigenvalue weighted by atomic mass is 10.2. The third-order valence-electron chi connectivity index (χ3n) is 2.29. The molecule has 0 aliphatic heterocycles. The van der Waals surface area contributed by atoms with Gasteiger partial charge in [0.05, 0.1) is 10.2 Å². The van der Waals surface area contributed by atoms with Gasteiger partial charge in [0.15, 0.2) is 0 Å². The molecule has 16 heavy (non-hydrogen) atoms. The van der Waals surface area contributed by atoms with Crippen LogP contribution in [-0.2, 0) is 6.42 Å². The molecule has 0 saturated carbocycles. The fourth-order valence-electron chi connectivity index (χ4n) is 1.37. The Morgan fingerprint density at radius 1 is 1.56 bits per heavy atom. The zero-order chi connectivity index (χ0) is 11.5. The Kier molecular flexibility index (Phi) is 3.06. The molecule has 0 radical (unpaired) electrons. The van der Waals surface area contributed by atoms with E-state index in [4.69, 9.17) is 4.74 Å². The number of hydrogen-bond donors (Lipinski definition) is 0. The van der Waals surface area contributed by atoms with Crippen LogP contribution in [0.25, 0.3) is 10.2 Å². The first-order valence-electron chi connectivity index (χ1n) is 5.11. The van der Waals surface area contributed by atoms with Crippen molar-refractivity contribution in [3.63, 3.8) is 0 Å². The molecule has 0 fully saturated rings. The van der Waals surface area contributed by atoms with Gasteiger partial charge in [0, 0.05) is 0 Å². The Hall–Kier alpha value is -1.61. The molecular formula is C13H13NOS. The van der Waals surface area contributed by atoms with Gasteiger partial charge < -0.3 is 4.74 Å². The van der Waals surface area contributed by atoms with Crippen LogP contribution in [0.1, 0.15) is 12.5 Å². The van der Waals surface area contributed by atoms with Gasteiger partial charge in [0.25, 0.3) is 5.19 Å². The van der Waals surface area contributed by atoms with Crippen LogP contribution >= 0.6 is 11.3 Å². The molecule has 0 atom stereocenters. The van der Waals surface area contributed by atoms with E-state index < -0.39 is 0 Å². The van der Waals surface area contributed by atoms with Crippen LogP contribution in [0, 0.1) is 0 Å². The molecule has 82 valence electrons. The third-order valence-corrected chi connectivity index (χ3v) is 3.18. The van der Waals surface area contributed by atoms with Crippen LogP contribution in [0.2, 0.25) is 0 Å². The molecule has 1 aromatic heterocycles. The number of rotatable bonds is 4. The summed E-state index contributed by atoms with van der Waals surface area (Å²) in [5, 5.41) is 0.619. The van der Waals surface area contributed by atoms with E-state index in [1.165, 1.54) is 16.9 Å². The summed E-state index contributed by atoms with van der Waals surface area (Å²) in [6.45, 7) is 9.43. The van der Waals surface area contributed by atoms with Crippen molar-refractivity contribution in [3.05, 3.63) is 48.8 Å². The lowest BCUT2D eigenvalue weighted by Gasteiger charge is -1.97. The van der Waals surface area contributed by atoms with E-state index >= 15 is 0 Å². The smallest absolute Gasteiger partial charge is 0.279 e. The molecular weight excluding hydrogens is 218 g/mol. The minimum absolute atomic E-state index is 0.523. The molecule has 0 amide bonds. The van der Waals surface area contributed by atoms with Crippen molar-refractivity contribution in [1.82, 2.24) is 4.98 Å². The molecule has 0 saturated heterocycles. The largest absolute Gasteiger partial charge is 0.432 e. The number of aromatic nitrogens is 1. The van der Waals surface area contributed by atoms with Crippen LogP contribution in [0.3, 0.4) is 0 Å². The highest BCUT2D eigenvalue weighted by atomic mass is 32.1. The number of allylic oxidation sites excluding steroid dienone is 1. The van der Waals surface area contributed by atoms with Crippen molar-refractivity contribution >= 4 is 21.6 Å². The van der Waals surface area contributed by atoms with E-state index in [0.29, 0.717) is 11.0 Å². The van der Waals surface area contributed by atoms with Crippen LogP contribution in [0.15, 0.2) is 43.2 Å². The Morgan fingerprint density at radius 3 is 3.06 bits per heavy atom. The molecule has 2 nitrogen and oxygen atoms in total. The van der Waals surface area contributed by atoms with Gasteiger partial charge in [-0.15, -0.1) is 0 Å². The predicted octanol–water partition coefficient (Wildman–Crippen LogP) is 3.94. The second kappa shape index (κ2) is 4.49. The Morgan fingerprint density at radius 2 is 2.38 bits per heavy atom. The SMILES string of the molecule is C=CC(=C)Oc1nc2ccc(CC)cc2s1. The van der Waals surface area contributed by atoms with Gasteiger partial charge in [0.2, 0.25) is 0 Å². The second-order valence-corrected chi connectivity index (χ2v) is 4.40. The van der Waals surface area contributed by atoms with Gasteiger partial charge in [-0.05, 0) is 30.2 Å². The minimum atomic E-state index is 0.523. The first kappa shape index (κ1) is 10.9. The van der Waals surface area contributed by atoms with Crippen LogP contribution < -0.4 is 4.74 Å². The van der Waals surface area contributed by atoms with E-state index in [1.807, 2.05) is 6.07 Å². The lowest BCUT2D eigenvalue weighted by molar-refractivity contribution is 0.445. The predicted molar refractivity (Wildman–Crippen MR) is 69.0 cm³/mol. The molecule has 0 unspecified atom stereocenters. The molecule has 0 spiro atoms. The van der Waals surface area contributed by atoms with E-state index in [0.717, 1.165) is 16.6 Å². The van der Waals surface area contributed by atoms with Crippen LogP contribution in [0.4, 0.5) is 0 Å². The van der Waals surface area contributed by atoms with Crippen molar-refractivity contribution in [2.75, 3.05) is 0 Å². The van der Waals surface area contributed by atoms with Crippen LogP contribution in [-0.4, -0.2) is 4.98 Å². The van der Waals surface area contributed by atoms with Crippen molar-refractivity contribution < 1.29 is 4.74 Å². The summed E-state index contributed by atoms with van der Waals surface area (Å²) < 4.78 is 6.56. The Balaban J connectivity index is 2.36. The molecule has 2 aromatic rings. The average Bonchev–Trinajstić information content (AvgIpc) is 2.69. The topological polar surface area (TPSA) is 22.1 Å². The van der Waals surface area contributed by atoms with Gasteiger partial charge in [-0.25, -0.2) is 4.98 Å². The van der Waals surface area contributed by atoms with Gasteiger partial charge in [-0.2, -0.15) is 0 Å². The first-order valence-corrected chi connectivity index (χ1v) is 5.93. The number of nitrogens with zero attached hydrogens (tertiary/aromatic N) is 1. The maximum atomic E-state index is 5.42. The zero-order valence-corrected chi connectivity index (χ0v) is 10.0. The van der Waals surface area contributed by atoms with E-state index in [-0.39, 0.29) is 0 Å². The fraction of sp³-hybridized carbons (Fsp3) is 0.154. The molecule has 1 heterocycles. The monoisotopic (exact) mass is 231 g/mol. The molecule has 0 aliphatic carbocycles. The molecule has 1 aromatic carbocycles. The molecule has 0 bridgehead atoms. The van der Waals surface area contributed by atoms with Crippen molar-refractivity contribution in [2.45, 2.75) is 13.3 Å². The highest BCUT2D eigenvalue weighted by molar-refractivity contribution is 7.20. The van der Waals surface area contributed by atoms with Gasteiger partial charge >= 0.3 is 0 Å². The number of thiazole rings is 1. The van der Waals surface area contributed by atoms with Crippen molar-refractivity contribution in [2.24, 2.45) is 0 Å². The highest BCUT2D eigenvalue weighted by Gasteiger charge is 2.05. The van der Waals surface area contributed by atoms with E-state index in [1.54, 1.807) is 6.08 Å². The quantitative estimate of drug-likeness (QED) is 0.587. The van der Waals surface area contributed by atoms with Crippen LogP contribution in [0.5, 0.6) is 5.19 Å². The third kappa shape index (κ3) is 2.14. The molecule has 3 heteroatoms. The van der Waals surface area contributed by atoms with Crippen molar-refractivity contribution in [3.8, 4) is 5.19 Å². The summed E-state index contributed by atoms with van der Waals surface area (Å²) in [6, 6.07) is 6.26. The fourth-order valence-corrected chi connectivity index (χ4v) is 2.27. The summed E-state index contributed by atoms with van der Waals surface area (Å²) in [6.07, 6.45) is 2.60. The maximum absolute atomic E-state index is 5.42. The minimum Gasteiger partial charge on any atom is -0.432 e. The summed E-state index contributed by atoms with van der Waals surface area (Å²) in [5.74, 6) is 0.523. The zero-order valence-electron chi connectivity index (χ0n) is 9.19. The highest BCUT2D eigenvalue weighted by Crippen LogP contribution is 2.29. The normalized spacial score (nSPS) is 10.3. The Labute approximate surface area is 98.9 Å². The number of fused-ring (bicyclic) bond motifs is 1. The first-order chi connectivity index (χ1) is 7.72. The van der Waals surface area contributed by atoms with E-state index in [2.05, 4.69) is 37.2 Å². The summed E-state index contributed by atoms with van der Waals surface area (Å²) in [7, 11) is 0. The van der Waals surface area contributed by atoms with E-state index in [9.17, 15) is 0 Å². The summed E-state index contributed by atoms with van der Waals surface area (Å²) >= 11 is 1.53. The maximum Gasteiger partial charge on any atom is 0.279 e. The lowest BCUT2D eigenvalue weighted by Crippen LogP contribution is -1.87. The van der Waals surface area contributed by atoms with Gasteiger partial charge in [-0.1, -0.05) is 37.5 Å². The number of hydrogen-bond acceptors (Lipinski definition) is 3. The number of ether oxygens (including phenoxy) is 1. The molecule has 2 rings (SSSR count). The molecule has 0 N–H and O–H groups in total. The second-order valence-electron chi connectivity index (χ2n) is 3.41. The summed E-state index contributed by atoms with van der Waals surface area (Å²) in [5.41, 5.74) is 2.28. The number of aryl methyl sites for hydroxylation is 1. The number of benzene rings is 1. The van der Waals surface area contributed by atoms with Gasteiger partial charge in [-0.3, -0.25) is 0 Å².